The van der Waals surface area contributed by atoms with E-state index < -0.39 is 0 Å². The quantitative estimate of drug-likeness (QED) is 0.581. The van der Waals surface area contributed by atoms with E-state index in [1.165, 1.54) is 24.0 Å². The van der Waals surface area contributed by atoms with Crippen molar-refractivity contribution >= 4 is 0 Å². The molecule has 0 heterocycles. The Kier molecular flexibility index (Phi) is 13.6. The van der Waals surface area contributed by atoms with Gasteiger partial charge in [0.2, 0.25) is 0 Å². The molecular formula is C18H20Zr. The smallest absolute Gasteiger partial charge is 0.376 e. The largest absolute Gasteiger partial charge is 2.00 e. The maximum absolute atomic E-state index is 3.12. The Hall–Kier alpha value is 0.363. The van der Waals surface area contributed by atoms with E-state index in [-0.39, 0.29) is 26.2 Å². The third-order valence-electron chi connectivity index (χ3n) is 2.70. The molecule has 3 aliphatic rings. The second-order valence-corrected chi connectivity index (χ2v) is 3.88. The standard InChI is InChI=1S/C8H10.2C5H5.Zr/c1-3-7-5-6-8(7)4-2;2*1-2-4-5-3-1;/h5-6H2,1-2H3;2*1-5H;/q-2;;;+2. The third kappa shape index (κ3) is 9.01. The van der Waals surface area contributed by atoms with Crippen LogP contribution in [0.2, 0.25) is 0 Å². The molecule has 0 atom stereocenters. The molecule has 96 valence electrons. The molecule has 3 fully saturated rings. The number of rotatable bonds is 0. The predicted octanol–water partition coefficient (Wildman–Crippen LogP) is 4.32. The summed E-state index contributed by atoms with van der Waals surface area (Å²) in [5.41, 5.74) is 2.74. The molecule has 3 aliphatic carbocycles. The second kappa shape index (κ2) is 13.4. The SMILES string of the molecule is C[C-]=C1CCC1=[C-]C.[CH]1[CH][CH][CH][CH]1.[CH]1[CH][CH][CH][CH]1.[Zr+2]. The van der Waals surface area contributed by atoms with E-state index in [2.05, 4.69) is 12.2 Å². The maximum atomic E-state index is 3.12. The van der Waals surface area contributed by atoms with Crippen LogP contribution in [-0.4, -0.2) is 0 Å². The zero-order chi connectivity index (χ0) is 13.1. The van der Waals surface area contributed by atoms with Gasteiger partial charge in [-0.05, 0) is 64.2 Å². The Morgan fingerprint density at radius 3 is 0.895 bits per heavy atom. The first kappa shape index (κ1) is 19.4. The summed E-state index contributed by atoms with van der Waals surface area (Å²) < 4.78 is 0. The van der Waals surface area contributed by atoms with Crippen molar-refractivity contribution in [1.82, 2.24) is 0 Å². The van der Waals surface area contributed by atoms with Gasteiger partial charge in [0.05, 0.1) is 0 Å². The van der Waals surface area contributed by atoms with Crippen LogP contribution < -0.4 is 0 Å². The van der Waals surface area contributed by atoms with Gasteiger partial charge >= 0.3 is 26.2 Å². The first-order valence-electron chi connectivity index (χ1n) is 6.29. The van der Waals surface area contributed by atoms with E-state index in [9.17, 15) is 0 Å². The van der Waals surface area contributed by atoms with E-state index in [1.54, 1.807) is 0 Å². The first-order chi connectivity index (χ1) is 8.88. The minimum Gasteiger partial charge on any atom is -0.376 e. The zero-order valence-electron chi connectivity index (χ0n) is 11.7. The van der Waals surface area contributed by atoms with Crippen molar-refractivity contribution in [1.29, 1.82) is 0 Å². The molecule has 3 saturated carbocycles. The van der Waals surface area contributed by atoms with Gasteiger partial charge in [0, 0.05) is 0 Å². The molecule has 19 heavy (non-hydrogen) atoms. The number of allylic oxidation sites excluding steroid dienone is 4. The fourth-order valence-corrected chi connectivity index (χ4v) is 1.57. The van der Waals surface area contributed by atoms with Crippen LogP contribution in [0, 0.1) is 76.4 Å². The van der Waals surface area contributed by atoms with Gasteiger partial charge in [-0.15, -0.1) is 26.7 Å². The normalized spacial score (nSPS) is 24.7. The summed E-state index contributed by atoms with van der Waals surface area (Å²) in [5, 5.41) is 0. The average molecular weight is 328 g/mol. The number of hydrogen-bond acceptors (Lipinski definition) is 0. The molecule has 0 aromatic heterocycles. The van der Waals surface area contributed by atoms with Crippen molar-refractivity contribution < 1.29 is 26.2 Å². The molecule has 3 rings (SSSR count). The molecule has 0 aromatic carbocycles. The van der Waals surface area contributed by atoms with Crippen LogP contribution in [0.1, 0.15) is 26.7 Å². The van der Waals surface area contributed by atoms with Gasteiger partial charge in [-0.3, -0.25) is 0 Å². The molecule has 0 nitrogen and oxygen atoms in total. The van der Waals surface area contributed by atoms with Crippen LogP contribution in [0.4, 0.5) is 0 Å². The van der Waals surface area contributed by atoms with Crippen LogP contribution in [0.15, 0.2) is 11.1 Å². The molecule has 0 amide bonds. The van der Waals surface area contributed by atoms with Crippen LogP contribution in [0.25, 0.3) is 0 Å². The summed E-state index contributed by atoms with van der Waals surface area (Å²) in [6, 6.07) is 0. The molecule has 0 spiro atoms. The Balaban J connectivity index is 0.000000259. The molecule has 0 N–H and O–H groups in total. The predicted molar refractivity (Wildman–Crippen MR) is 77.1 cm³/mol. The third-order valence-corrected chi connectivity index (χ3v) is 2.70. The summed E-state index contributed by atoms with van der Waals surface area (Å²) in [5.74, 6) is 0. The summed E-state index contributed by atoms with van der Waals surface area (Å²) in [6.45, 7) is 3.93. The topological polar surface area (TPSA) is 0 Å². The van der Waals surface area contributed by atoms with Crippen molar-refractivity contribution in [2.24, 2.45) is 0 Å². The van der Waals surface area contributed by atoms with Gasteiger partial charge in [-0.25, -0.2) is 0 Å². The van der Waals surface area contributed by atoms with Gasteiger partial charge < -0.3 is 23.3 Å². The molecule has 1 heteroatoms. The second-order valence-electron chi connectivity index (χ2n) is 3.88. The maximum Gasteiger partial charge on any atom is 2.00 e. The van der Waals surface area contributed by atoms with Gasteiger partial charge in [0.25, 0.3) is 0 Å². The van der Waals surface area contributed by atoms with E-state index in [1.807, 2.05) is 78.1 Å². The van der Waals surface area contributed by atoms with Gasteiger partial charge in [0.1, 0.15) is 0 Å². The van der Waals surface area contributed by atoms with Crippen molar-refractivity contribution in [3.05, 3.63) is 87.5 Å². The van der Waals surface area contributed by atoms with Gasteiger partial charge in [0.15, 0.2) is 0 Å². The minimum atomic E-state index is 0. The van der Waals surface area contributed by atoms with Crippen LogP contribution >= 0.6 is 0 Å². The van der Waals surface area contributed by atoms with E-state index in [4.69, 9.17) is 0 Å². The van der Waals surface area contributed by atoms with Gasteiger partial charge in [-0.1, -0.05) is 0 Å². The molecule has 10 radical (unpaired) electrons. The summed E-state index contributed by atoms with van der Waals surface area (Å²) in [4.78, 5) is 0. The summed E-state index contributed by atoms with van der Waals surface area (Å²) >= 11 is 0. The van der Waals surface area contributed by atoms with E-state index in [0.717, 1.165) is 0 Å². The van der Waals surface area contributed by atoms with Crippen molar-refractivity contribution in [3.8, 4) is 0 Å². The molecule has 0 unspecified atom stereocenters. The fourth-order valence-electron chi connectivity index (χ4n) is 1.57. The van der Waals surface area contributed by atoms with E-state index in [0.29, 0.717) is 0 Å². The molecule has 0 aliphatic heterocycles. The Bertz CT molecular complexity index is 212. The van der Waals surface area contributed by atoms with E-state index >= 15 is 0 Å². The van der Waals surface area contributed by atoms with Crippen molar-refractivity contribution in [3.63, 3.8) is 0 Å². The molecular weight excluding hydrogens is 307 g/mol. The number of hydrogen-bond donors (Lipinski definition) is 0. The minimum absolute atomic E-state index is 0. The molecule has 0 bridgehead atoms. The average Bonchev–Trinajstić information content (AvgIpc) is 3.08. The first-order valence-corrected chi connectivity index (χ1v) is 6.29. The Morgan fingerprint density at radius 2 is 0.789 bits per heavy atom. The fraction of sp³-hybridized carbons (Fsp3) is 0.222. The van der Waals surface area contributed by atoms with Crippen LogP contribution in [0.5, 0.6) is 0 Å². The van der Waals surface area contributed by atoms with Crippen molar-refractivity contribution in [2.45, 2.75) is 26.7 Å². The Morgan fingerprint density at radius 1 is 0.579 bits per heavy atom. The van der Waals surface area contributed by atoms with Gasteiger partial charge in [-0.2, -0.15) is 0 Å². The monoisotopic (exact) mass is 326 g/mol. The molecule has 0 saturated heterocycles. The Labute approximate surface area is 140 Å². The molecule has 0 aromatic rings. The van der Waals surface area contributed by atoms with Crippen LogP contribution in [0.3, 0.4) is 0 Å². The zero-order valence-corrected chi connectivity index (χ0v) is 14.1. The van der Waals surface area contributed by atoms with Crippen molar-refractivity contribution in [2.75, 3.05) is 0 Å². The summed E-state index contributed by atoms with van der Waals surface area (Å²) in [6.07, 6.45) is 28.7. The summed E-state index contributed by atoms with van der Waals surface area (Å²) in [7, 11) is 0. The van der Waals surface area contributed by atoms with Crippen LogP contribution in [-0.2, 0) is 26.2 Å².